The van der Waals surface area contributed by atoms with Gasteiger partial charge in [0, 0.05) is 12.1 Å². The van der Waals surface area contributed by atoms with E-state index in [4.69, 9.17) is 9.84 Å². The fourth-order valence-corrected chi connectivity index (χ4v) is 3.02. The van der Waals surface area contributed by atoms with E-state index in [0.29, 0.717) is 12.8 Å². The lowest BCUT2D eigenvalue weighted by Gasteiger charge is -2.40. The van der Waals surface area contributed by atoms with Crippen LogP contribution in [0.1, 0.15) is 46.0 Å². The van der Waals surface area contributed by atoms with E-state index in [0.717, 1.165) is 19.3 Å². The first-order valence-electron chi connectivity index (χ1n) is 6.71. The van der Waals surface area contributed by atoms with Crippen LogP contribution >= 0.6 is 0 Å². The lowest BCUT2D eigenvalue weighted by atomic mass is 9.96. The number of carboxylic acids is 1. The summed E-state index contributed by atoms with van der Waals surface area (Å²) in [5.41, 5.74) is 0. The number of amides is 1. The molecule has 0 saturated carbocycles. The number of carbonyl (C=O) groups is 2. The van der Waals surface area contributed by atoms with Crippen molar-refractivity contribution in [3.05, 3.63) is 0 Å². The first kappa shape index (κ1) is 13.3. The highest BCUT2D eigenvalue weighted by molar-refractivity contribution is 5.83. The number of carbonyl (C=O) groups excluding carboxylic acids is 1. The Morgan fingerprint density at radius 2 is 1.61 bits per heavy atom. The summed E-state index contributed by atoms with van der Waals surface area (Å²) in [5.74, 6) is -0.997. The van der Waals surface area contributed by atoms with Gasteiger partial charge in [-0.2, -0.15) is 0 Å². The highest BCUT2D eigenvalue weighted by Crippen LogP contribution is 2.28. The number of hydrogen-bond donors (Lipinski definition) is 1. The van der Waals surface area contributed by atoms with E-state index in [2.05, 4.69) is 13.8 Å². The van der Waals surface area contributed by atoms with Crippen LogP contribution in [0.3, 0.4) is 0 Å². The Kier molecular flexibility index (Phi) is 3.90. The highest BCUT2D eigenvalue weighted by Gasteiger charge is 2.40. The highest BCUT2D eigenvalue weighted by atomic mass is 16.5. The second-order valence-corrected chi connectivity index (χ2v) is 5.40. The number of carboxylic acid groups (broad SMARTS) is 1. The molecule has 1 N–H and O–H groups in total. The van der Waals surface area contributed by atoms with Gasteiger partial charge in [-0.3, -0.25) is 4.79 Å². The van der Waals surface area contributed by atoms with Crippen LogP contribution in [0.15, 0.2) is 0 Å². The van der Waals surface area contributed by atoms with Crippen molar-refractivity contribution in [3.63, 3.8) is 0 Å². The molecule has 4 unspecified atom stereocenters. The Hall–Kier alpha value is -1.10. The molecule has 102 valence electrons. The van der Waals surface area contributed by atoms with Crippen molar-refractivity contribution in [1.82, 2.24) is 4.90 Å². The molecule has 0 aromatic heterocycles. The van der Waals surface area contributed by atoms with Crippen LogP contribution in [-0.4, -0.2) is 46.2 Å². The zero-order chi connectivity index (χ0) is 13.3. The summed E-state index contributed by atoms with van der Waals surface area (Å²) in [6.45, 7) is 4.11. The van der Waals surface area contributed by atoms with E-state index in [-0.39, 0.29) is 18.0 Å². The maximum atomic E-state index is 12.4. The summed E-state index contributed by atoms with van der Waals surface area (Å²) in [6, 6.07) is 0.461. The molecule has 0 aliphatic carbocycles. The maximum absolute atomic E-state index is 12.4. The molecule has 18 heavy (non-hydrogen) atoms. The molecular formula is C13H21NO4. The summed E-state index contributed by atoms with van der Waals surface area (Å²) in [4.78, 5) is 25.1. The standard InChI is InChI=1S/C13H21NO4/c1-8-4-3-5-9(2)14(8)12(15)10-6-7-11(18-10)13(16)17/h8-11H,3-7H2,1-2H3,(H,16,17). The predicted octanol–water partition coefficient (Wildman–Crippen LogP) is 1.41. The Morgan fingerprint density at radius 1 is 1.06 bits per heavy atom. The molecule has 0 spiro atoms. The van der Waals surface area contributed by atoms with Crippen molar-refractivity contribution in [2.75, 3.05) is 0 Å². The van der Waals surface area contributed by atoms with Crippen molar-refractivity contribution in [1.29, 1.82) is 0 Å². The van der Waals surface area contributed by atoms with Gasteiger partial charge >= 0.3 is 5.97 Å². The van der Waals surface area contributed by atoms with Gasteiger partial charge in [0.25, 0.3) is 5.91 Å². The van der Waals surface area contributed by atoms with Crippen molar-refractivity contribution in [3.8, 4) is 0 Å². The largest absolute Gasteiger partial charge is 0.479 e. The fourth-order valence-electron chi connectivity index (χ4n) is 3.02. The molecule has 0 bridgehead atoms. The summed E-state index contributed by atoms with van der Waals surface area (Å²) >= 11 is 0. The Balaban J connectivity index is 2.01. The number of nitrogens with zero attached hydrogens (tertiary/aromatic N) is 1. The van der Waals surface area contributed by atoms with Crippen LogP contribution in [0, 0.1) is 0 Å². The van der Waals surface area contributed by atoms with Gasteiger partial charge in [-0.25, -0.2) is 4.79 Å². The predicted molar refractivity (Wildman–Crippen MR) is 65.2 cm³/mol. The van der Waals surface area contributed by atoms with E-state index in [1.54, 1.807) is 0 Å². The van der Waals surface area contributed by atoms with E-state index in [1.165, 1.54) is 0 Å². The topological polar surface area (TPSA) is 66.8 Å². The Labute approximate surface area is 107 Å². The number of piperidine rings is 1. The SMILES string of the molecule is CC1CCCC(C)N1C(=O)C1CCC(C(=O)O)O1. The Morgan fingerprint density at radius 3 is 2.11 bits per heavy atom. The van der Waals surface area contributed by atoms with Gasteiger partial charge in [0.2, 0.25) is 0 Å². The third kappa shape index (κ3) is 2.51. The smallest absolute Gasteiger partial charge is 0.332 e. The van der Waals surface area contributed by atoms with E-state index in [1.807, 2.05) is 4.90 Å². The molecule has 0 radical (unpaired) electrons. The number of hydrogen-bond acceptors (Lipinski definition) is 3. The van der Waals surface area contributed by atoms with Crippen LogP contribution < -0.4 is 0 Å². The number of likely N-dealkylation sites (tertiary alicyclic amines) is 1. The molecule has 5 heteroatoms. The quantitative estimate of drug-likeness (QED) is 0.810. The first-order chi connectivity index (χ1) is 8.50. The molecule has 2 rings (SSSR count). The van der Waals surface area contributed by atoms with Crippen molar-refractivity contribution in [2.45, 2.75) is 70.2 Å². The van der Waals surface area contributed by atoms with Gasteiger partial charge in [0.1, 0.15) is 6.10 Å². The number of aliphatic carboxylic acids is 1. The molecule has 2 aliphatic heterocycles. The summed E-state index contributed by atoms with van der Waals surface area (Å²) in [5, 5.41) is 8.88. The summed E-state index contributed by atoms with van der Waals surface area (Å²) < 4.78 is 5.34. The number of ether oxygens (including phenoxy) is 1. The Bertz CT molecular complexity index is 334. The third-order valence-electron chi connectivity index (χ3n) is 4.02. The van der Waals surface area contributed by atoms with Crippen molar-refractivity contribution >= 4 is 11.9 Å². The van der Waals surface area contributed by atoms with E-state index >= 15 is 0 Å². The van der Waals surface area contributed by atoms with Gasteiger partial charge in [-0.05, 0) is 46.0 Å². The van der Waals surface area contributed by atoms with Gasteiger partial charge in [-0.15, -0.1) is 0 Å². The monoisotopic (exact) mass is 255 g/mol. The zero-order valence-corrected chi connectivity index (χ0v) is 11.0. The van der Waals surface area contributed by atoms with Crippen LogP contribution in [-0.2, 0) is 14.3 Å². The summed E-state index contributed by atoms with van der Waals surface area (Å²) in [7, 11) is 0. The normalized spacial score (nSPS) is 36.7. The van der Waals surface area contributed by atoms with Crippen molar-refractivity contribution < 1.29 is 19.4 Å². The summed E-state index contributed by atoms with van der Waals surface area (Å²) in [6.07, 6.45) is 2.77. The first-order valence-corrected chi connectivity index (χ1v) is 6.71. The molecule has 2 aliphatic rings. The van der Waals surface area contributed by atoms with Crippen LogP contribution in [0.4, 0.5) is 0 Å². The van der Waals surface area contributed by atoms with Gasteiger partial charge in [0.05, 0.1) is 0 Å². The van der Waals surface area contributed by atoms with E-state index in [9.17, 15) is 9.59 Å². The maximum Gasteiger partial charge on any atom is 0.332 e. The lowest BCUT2D eigenvalue weighted by molar-refractivity contribution is -0.157. The minimum absolute atomic E-state index is 0.0292. The van der Waals surface area contributed by atoms with Crippen LogP contribution in [0.2, 0.25) is 0 Å². The van der Waals surface area contributed by atoms with Crippen LogP contribution in [0.5, 0.6) is 0 Å². The van der Waals surface area contributed by atoms with E-state index < -0.39 is 18.2 Å². The minimum atomic E-state index is -0.968. The van der Waals surface area contributed by atoms with Gasteiger partial charge in [-0.1, -0.05) is 0 Å². The molecule has 0 aromatic rings. The molecule has 0 aromatic carbocycles. The van der Waals surface area contributed by atoms with Crippen LogP contribution in [0.25, 0.3) is 0 Å². The molecule has 2 saturated heterocycles. The third-order valence-corrected chi connectivity index (χ3v) is 4.02. The molecular weight excluding hydrogens is 234 g/mol. The minimum Gasteiger partial charge on any atom is -0.479 e. The fraction of sp³-hybridized carbons (Fsp3) is 0.846. The van der Waals surface area contributed by atoms with Gasteiger partial charge < -0.3 is 14.7 Å². The van der Waals surface area contributed by atoms with Crippen molar-refractivity contribution in [2.24, 2.45) is 0 Å². The van der Waals surface area contributed by atoms with Gasteiger partial charge in [0.15, 0.2) is 6.10 Å². The molecule has 5 nitrogen and oxygen atoms in total. The molecule has 4 atom stereocenters. The molecule has 1 amide bonds. The second kappa shape index (κ2) is 5.26. The average molecular weight is 255 g/mol. The molecule has 2 fully saturated rings. The zero-order valence-electron chi connectivity index (χ0n) is 11.0. The number of rotatable bonds is 2. The average Bonchev–Trinajstić information content (AvgIpc) is 2.77. The lowest BCUT2D eigenvalue weighted by Crippen LogP contribution is -2.51. The second-order valence-electron chi connectivity index (χ2n) is 5.40. The molecule has 2 heterocycles.